The lowest BCUT2D eigenvalue weighted by molar-refractivity contribution is -0.0328. The maximum Gasteiger partial charge on any atom is 0.446 e. The van der Waals surface area contributed by atoms with Gasteiger partial charge < -0.3 is 10.2 Å². The van der Waals surface area contributed by atoms with Crippen LogP contribution in [0.1, 0.15) is 19.4 Å². The number of rotatable bonds is 6. The van der Waals surface area contributed by atoms with Gasteiger partial charge in [-0.05, 0) is 61.5 Å². The van der Waals surface area contributed by atoms with E-state index in [2.05, 4.69) is 10.3 Å². The lowest BCUT2D eigenvalue weighted by Crippen LogP contribution is -2.39. The molecule has 3 rings (SSSR count). The number of benzene rings is 2. The van der Waals surface area contributed by atoms with Crippen LogP contribution < -0.4 is 5.32 Å². The average molecular weight is 452 g/mol. The number of hydrogen-bond donors (Lipinski definition) is 1. The minimum Gasteiger partial charge on any atom is -0.318 e. The monoisotopic (exact) mass is 451 g/mol. The van der Waals surface area contributed by atoms with E-state index in [0.717, 1.165) is 16.1 Å². The van der Waals surface area contributed by atoms with Gasteiger partial charge in [0.2, 0.25) is 0 Å². The number of urea groups is 1. The summed E-state index contributed by atoms with van der Waals surface area (Å²) in [5, 5.41) is 5.58. The molecule has 2 aromatic carbocycles. The molecule has 1 heterocycles. The molecular weight excluding hydrogens is 431 g/mol. The third kappa shape index (κ3) is 6.24. The van der Waals surface area contributed by atoms with E-state index in [-0.39, 0.29) is 28.7 Å². The molecule has 0 spiro atoms. The normalized spacial score (nSPS) is 11.5. The lowest BCUT2D eigenvalue weighted by Gasteiger charge is -2.27. The largest absolute Gasteiger partial charge is 0.446 e. The molecule has 158 valence electrons. The Kier molecular flexibility index (Phi) is 7.04. The van der Waals surface area contributed by atoms with Crippen LogP contribution >= 0.6 is 23.1 Å². The van der Waals surface area contributed by atoms with Gasteiger partial charge in [-0.2, -0.15) is 13.2 Å². The molecule has 9 heteroatoms. The smallest absolute Gasteiger partial charge is 0.318 e. The molecule has 0 atom stereocenters. The highest BCUT2D eigenvalue weighted by atomic mass is 32.2. The topological polar surface area (TPSA) is 45.2 Å². The number of nitrogens with zero attached hydrogens (tertiary/aromatic N) is 2. The van der Waals surface area contributed by atoms with Crippen molar-refractivity contribution < 1.29 is 18.0 Å². The molecule has 0 aliphatic rings. The Morgan fingerprint density at radius 3 is 2.53 bits per heavy atom. The summed E-state index contributed by atoms with van der Waals surface area (Å²) in [5.74, 6) is 0. The maximum atomic E-state index is 12.8. The Morgan fingerprint density at radius 2 is 1.93 bits per heavy atom. The summed E-state index contributed by atoms with van der Waals surface area (Å²) in [6.07, 6.45) is 1.75. The molecular formula is C21H20F3N3OS2. The molecule has 0 aliphatic heterocycles. The first-order valence-electron chi connectivity index (χ1n) is 9.13. The van der Waals surface area contributed by atoms with Crippen molar-refractivity contribution in [1.82, 2.24) is 9.88 Å². The fourth-order valence-corrected chi connectivity index (χ4v) is 3.96. The van der Waals surface area contributed by atoms with E-state index in [1.807, 2.05) is 43.5 Å². The number of aromatic nitrogens is 1. The van der Waals surface area contributed by atoms with E-state index in [1.165, 1.54) is 24.3 Å². The van der Waals surface area contributed by atoms with Crippen molar-refractivity contribution in [3.8, 4) is 10.6 Å². The number of hydrogen-bond acceptors (Lipinski definition) is 4. The number of amides is 2. The van der Waals surface area contributed by atoms with Crippen molar-refractivity contribution in [2.45, 2.75) is 36.8 Å². The van der Waals surface area contributed by atoms with E-state index in [0.29, 0.717) is 12.2 Å². The molecule has 0 aliphatic carbocycles. The van der Waals surface area contributed by atoms with Crippen LogP contribution in [-0.4, -0.2) is 27.5 Å². The van der Waals surface area contributed by atoms with Crippen LogP contribution in [0.3, 0.4) is 0 Å². The second kappa shape index (κ2) is 9.53. The van der Waals surface area contributed by atoms with E-state index >= 15 is 0 Å². The van der Waals surface area contributed by atoms with Gasteiger partial charge in [0, 0.05) is 40.3 Å². The molecule has 4 nitrogen and oxygen atoms in total. The highest BCUT2D eigenvalue weighted by Gasteiger charge is 2.29. The number of carbonyl (C=O) groups is 1. The first-order chi connectivity index (χ1) is 14.2. The van der Waals surface area contributed by atoms with Gasteiger partial charge in [0.25, 0.3) is 0 Å². The molecule has 0 fully saturated rings. The van der Waals surface area contributed by atoms with Crippen LogP contribution in [0.5, 0.6) is 0 Å². The molecule has 0 saturated carbocycles. The molecule has 3 aromatic rings. The van der Waals surface area contributed by atoms with Gasteiger partial charge in [0.05, 0.1) is 0 Å². The van der Waals surface area contributed by atoms with Gasteiger partial charge in [0.1, 0.15) is 5.01 Å². The Morgan fingerprint density at radius 1 is 1.20 bits per heavy atom. The Bertz CT molecular complexity index is 974. The Hall–Kier alpha value is -2.52. The zero-order valence-corrected chi connectivity index (χ0v) is 17.9. The first-order valence-corrected chi connectivity index (χ1v) is 10.8. The molecule has 0 saturated heterocycles. The quantitative estimate of drug-likeness (QED) is 0.416. The average Bonchev–Trinajstić information content (AvgIpc) is 3.21. The van der Waals surface area contributed by atoms with E-state index in [4.69, 9.17) is 0 Å². The predicted molar refractivity (Wildman–Crippen MR) is 116 cm³/mol. The van der Waals surface area contributed by atoms with Crippen molar-refractivity contribution in [2.24, 2.45) is 0 Å². The van der Waals surface area contributed by atoms with Crippen molar-refractivity contribution in [3.05, 3.63) is 65.7 Å². The molecule has 1 aromatic heterocycles. The van der Waals surface area contributed by atoms with Gasteiger partial charge >= 0.3 is 11.5 Å². The predicted octanol–water partition coefficient (Wildman–Crippen LogP) is 6.86. The van der Waals surface area contributed by atoms with Crippen molar-refractivity contribution >= 4 is 34.8 Å². The van der Waals surface area contributed by atoms with Gasteiger partial charge in [-0.1, -0.05) is 18.2 Å². The van der Waals surface area contributed by atoms with Crippen molar-refractivity contribution in [2.75, 3.05) is 5.32 Å². The number of alkyl halides is 3. The third-order valence-corrected chi connectivity index (χ3v) is 5.74. The fourth-order valence-electron chi connectivity index (χ4n) is 2.79. The molecule has 30 heavy (non-hydrogen) atoms. The summed E-state index contributed by atoms with van der Waals surface area (Å²) in [6, 6.07) is 13.1. The fraction of sp³-hybridized carbons (Fsp3) is 0.238. The van der Waals surface area contributed by atoms with Crippen LogP contribution in [0.15, 0.2) is 65.0 Å². The van der Waals surface area contributed by atoms with Crippen LogP contribution in [0.2, 0.25) is 0 Å². The van der Waals surface area contributed by atoms with E-state index in [1.54, 1.807) is 22.4 Å². The van der Waals surface area contributed by atoms with Crippen LogP contribution in [0, 0.1) is 0 Å². The van der Waals surface area contributed by atoms with Gasteiger partial charge in [-0.25, -0.2) is 9.78 Å². The number of thioether (sulfide) groups is 1. The van der Waals surface area contributed by atoms with E-state index < -0.39 is 5.51 Å². The molecule has 1 N–H and O–H groups in total. The number of carbonyl (C=O) groups excluding carboxylic acids is 1. The zero-order valence-electron chi connectivity index (χ0n) is 16.3. The Balaban J connectivity index is 1.69. The van der Waals surface area contributed by atoms with Crippen LogP contribution in [0.25, 0.3) is 10.6 Å². The second-order valence-electron chi connectivity index (χ2n) is 6.76. The summed E-state index contributed by atoms with van der Waals surface area (Å²) < 4.78 is 37.4. The summed E-state index contributed by atoms with van der Waals surface area (Å²) in [6.45, 7) is 4.21. The minimum atomic E-state index is -4.34. The maximum absolute atomic E-state index is 12.8. The summed E-state index contributed by atoms with van der Waals surface area (Å²) in [4.78, 5) is 18.9. The standard InChI is InChI=1S/C21H20F3N3OS2/c1-14(2)27(13-15-4-3-5-16(12-15)19-25-10-11-29-19)20(28)26-17-6-8-18(9-7-17)30-21(22,23)24/h3-12,14H,13H2,1-2H3,(H,26,28). The van der Waals surface area contributed by atoms with Gasteiger partial charge in [-0.15, -0.1) is 11.3 Å². The van der Waals surface area contributed by atoms with Gasteiger partial charge in [-0.3, -0.25) is 0 Å². The summed E-state index contributed by atoms with van der Waals surface area (Å²) in [7, 11) is 0. The summed E-state index contributed by atoms with van der Waals surface area (Å²) >= 11 is 1.36. The number of nitrogens with one attached hydrogen (secondary N) is 1. The third-order valence-electron chi connectivity index (χ3n) is 4.18. The molecule has 2 amide bonds. The first kappa shape index (κ1) is 22.2. The molecule has 0 radical (unpaired) electrons. The minimum absolute atomic E-state index is 0.0696. The zero-order chi connectivity index (χ0) is 21.7. The highest BCUT2D eigenvalue weighted by molar-refractivity contribution is 8.00. The van der Waals surface area contributed by atoms with Crippen molar-refractivity contribution in [1.29, 1.82) is 0 Å². The molecule has 0 unspecified atom stereocenters. The number of thiazole rings is 1. The van der Waals surface area contributed by atoms with Crippen molar-refractivity contribution in [3.63, 3.8) is 0 Å². The number of halogens is 3. The molecule has 0 bridgehead atoms. The number of anilines is 1. The SMILES string of the molecule is CC(C)N(Cc1cccc(-c2nccs2)c1)C(=O)Nc1ccc(SC(F)(F)F)cc1. The Labute approximate surface area is 181 Å². The second-order valence-corrected chi connectivity index (χ2v) is 8.79. The van der Waals surface area contributed by atoms with Crippen LogP contribution in [-0.2, 0) is 6.54 Å². The lowest BCUT2D eigenvalue weighted by atomic mass is 10.1. The van der Waals surface area contributed by atoms with Gasteiger partial charge in [0.15, 0.2) is 0 Å². The summed E-state index contributed by atoms with van der Waals surface area (Å²) in [5.41, 5.74) is -1.95. The van der Waals surface area contributed by atoms with Crippen LogP contribution in [0.4, 0.5) is 23.7 Å². The highest BCUT2D eigenvalue weighted by Crippen LogP contribution is 2.37. The van der Waals surface area contributed by atoms with E-state index in [9.17, 15) is 18.0 Å².